The summed E-state index contributed by atoms with van der Waals surface area (Å²) in [5.74, 6) is 0.601. The van der Waals surface area contributed by atoms with E-state index in [1.165, 1.54) is 6.20 Å². The van der Waals surface area contributed by atoms with Crippen molar-refractivity contribution in [3.63, 3.8) is 0 Å². The molecule has 0 bridgehead atoms. The molecule has 0 amide bonds. The highest BCUT2D eigenvalue weighted by Crippen LogP contribution is 2.33. The normalized spacial score (nSPS) is 17.9. The summed E-state index contributed by atoms with van der Waals surface area (Å²) in [7, 11) is -3.79. The third kappa shape index (κ3) is 3.53. The highest BCUT2D eigenvalue weighted by molar-refractivity contribution is 7.89. The lowest BCUT2D eigenvalue weighted by molar-refractivity contribution is 0.314. The number of oxime groups is 1. The second-order valence-corrected chi connectivity index (χ2v) is 6.94. The first kappa shape index (κ1) is 15.8. The fourth-order valence-electron chi connectivity index (χ4n) is 2.19. The van der Waals surface area contributed by atoms with Crippen LogP contribution in [0.2, 0.25) is 0 Å². The SMILES string of the molecule is CCCn1cc(S(=O)(=O)NC(C(N)=NO)C2CC2)nc1C. The maximum Gasteiger partial charge on any atom is 0.260 e. The van der Waals surface area contributed by atoms with Crippen LogP contribution < -0.4 is 10.5 Å². The van der Waals surface area contributed by atoms with Crippen LogP contribution in [0.5, 0.6) is 0 Å². The molecular formula is C12H21N5O3S. The van der Waals surface area contributed by atoms with Gasteiger partial charge in [-0.05, 0) is 32.1 Å². The molecule has 1 heterocycles. The maximum absolute atomic E-state index is 12.4. The Morgan fingerprint density at radius 1 is 1.67 bits per heavy atom. The number of aryl methyl sites for hydroxylation is 2. The summed E-state index contributed by atoms with van der Waals surface area (Å²) >= 11 is 0. The highest BCUT2D eigenvalue weighted by Gasteiger charge is 2.37. The highest BCUT2D eigenvalue weighted by atomic mass is 32.2. The summed E-state index contributed by atoms with van der Waals surface area (Å²) < 4.78 is 29.1. The van der Waals surface area contributed by atoms with Crippen molar-refractivity contribution in [2.24, 2.45) is 16.8 Å². The van der Waals surface area contributed by atoms with Crippen LogP contribution in [0.4, 0.5) is 0 Å². The van der Waals surface area contributed by atoms with Crippen molar-refractivity contribution in [3.8, 4) is 0 Å². The molecule has 1 saturated carbocycles. The Balaban J connectivity index is 2.23. The summed E-state index contributed by atoms with van der Waals surface area (Å²) in [6.07, 6.45) is 4.11. The second kappa shape index (κ2) is 6.02. The molecule has 0 aliphatic heterocycles. The summed E-state index contributed by atoms with van der Waals surface area (Å²) in [6.45, 7) is 4.48. The zero-order valence-electron chi connectivity index (χ0n) is 12.2. The van der Waals surface area contributed by atoms with Crippen LogP contribution in [0.3, 0.4) is 0 Å². The van der Waals surface area contributed by atoms with Crippen molar-refractivity contribution < 1.29 is 13.6 Å². The molecule has 118 valence electrons. The molecule has 0 aromatic carbocycles. The standard InChI is InChI=1S/C12H21N5O3S/c1-3-6-17-7-10(14-8(17)2)21(19,20)16-11(9-4-5-9)12(13)15-18/h7,9,11,16,18H,3-6H2,1-2H3,(H2,13,15). The number of rotatable bonds is 7. The molecule has 1 unspecified atom stereocenters. The van der Waals surface area contributed by atoms with Gasteiger partial charge in [0, 0.05) is 12.7 Å². The smallest absolute Gasteiger partial charge is 0.260 e. The van der Waals surface area contributed by atoms with Crippen molar-refractivity contribution >= 4 is 15.9 Å². The third-order valence-electron chi connectivity index (χ3n) is 3.50. The minimum Gasteiger partial charge on any atom is -0.409 e. The molecular weight excluding hydrogens is 294 g/mol. The van der Waals surface area contributed by atoms with Crippen molar-refractivity contribution in [2.45, 2.75) is 50.7 Å². The van der Waals surface area contributed by atoms with Crippen LogP contribution in [0.1, 0.15) is 32.0 Å². The molecule has 0 saturated heterocycles. The Morgan fingerprint density at radius 2 is 2.33 bits per heavy atom. The number of nitrogens with zero attached hydrogens (tertiary/aromatic N) is 3. The molecule has 1 aliphatic carbocycles. The fourth-order valence-corrected chi connectivity index (χ4v) is 3.48. The van der Waals surface area contributed by atoms with E-state index in [4.69, 9.17) is 10.9 Å². The summed E-state index contributed by atoms with van der Waals surface area (Å²) in [5.41, 5.74) is 5.57. The van der Waals surface area contributed by atoms with E-state index in [9.17, 15) is 8.42 Å². The molecule has 0 spiro atoms. The molecule has 4 N–H and O–H groups in total. The monoisotopic (exact) mass is 315 g/mol. The molecule has 1 aromatic rings. The molecule has 1 aliphatic rings. The number of sulfonamides is 1. The van der Waals surface area contributed by atoms with Crippen molar-refractivity contribution in [1.82, 2.24) is 14.3 Å². The minimum absolute atomic E-state index is 0.0372. The van der Waals surface area contributed by atoms with Gasteiger partial charge in [-0.2, -0.15) is 4.72 Å². The lowest BCUT2D eigenvalue weighted by Crippen LogP contribution is -2.46. The number of hydrogen-bond acceptors (Lipinski definition) is 5. The van der Waals surface area contributed by atoms with Gasteiger partial charge in [-0.3, -0.25) is 0 Å². The van der Waals surface area contributed by atoms with E-state index in [1.807, 2.05) is 6.92 Å². The summed E-state index contributed by atoms with van der Waals surface area (Å²) in [5, 5.41) is 11.7. The van der Waals surface area contributed by atoms with Crippen molar-refractivity contribution in [1.29, 1.82) is 0 Å². The van der Waals surface area contributed by atoms with E-state index in [2.05, 4.69) is 14.9 Å². The van der Waals surface area contributed by atoms with Gasteiger partial charge in [0.15, 0.2) is 10.9 Å². The Kier molecular flexibility index (Phi) is 4.52. The number of nitrogens with two attached hydrogens (primary N) is 1. The average molecular weight is 315 g/mol. The van der Waals surface area contributed by atoms with Gasteiger partial charge < -0.3 is 15.5 Å². The Labute approximate surface area is 124 Å². The van der Waals surface area contributed by atoms with Crippen LogP contribution in [-0.2, 0) is 16.6 Å². The van der Waals surface area contributed by atoms with E-state index in [1.54, 1.807) is 11.5 Å². The lowest BCUT2D eigenvalue weighted by Gasteiger charge is -2.15. The molecule has 21 heavy (non-hydrogen) atoms. The van der Waals surface area contributed by atoms with Gasteiger partial charge in [-0.15, -0.1) is 0 Å². The predicted octanol–water partition coefficient (Wildman–Crippen LogP) is 0.405. The zero-order valence-corrected chi connectivity index (χ0v) is 13.0. The Bertz CT molecular complexity index is 633. The Hall–Kier alpha value is -1.61. The van der Waals surface area contributed by atoms with Crippen molar-refractivity contribution in [2.75, 3.05) is 0 Å². The van der Waals surface area contributed by atoms with Gasteiger partial charge in [0.25, 0.3) is 10.0 Å². The van der Waals surface area contributed by atoms with E-state index < -0.39 is 16.1 Å². The third-order valence-corrected chi connectivity index (χ3v) is 4.82. The number of imidazole rings is 1. The van der Waals surface area contributed by atoms with Gasteiger partial charge in [0.1, 0.15) is 5.82 Å². The first-order valence-electron chi connectivity index (χ1n) is 6.92. The quantitative estimate of drug-likeness (QED) is 0.291. The largest absolute Gasteiger partial charge is 0.409 e. The van der Waals surface area contributed by atoms with Gasteiger partial charge in [-0.1, -0.05) is 12.1 Å². The van der Waals surface area contributed by atoms with Crippen LogP contribution in [0.15, 0.2) is 16.4 Å². The van der Waals surface area contributed by atoms with Gasteiger partial charge in [0.05, 0.1) is 6.04 Å². The first-order valence-corrected chi connectivity index (χ1v) is 8.41. The van der Waals surface area contributed by atoms with Crippen molar-refractivity contribution in [3.05, 3.63) is 12.0 Å². The number of nitrogens with one attached hydrogen (secondary N) is 1. The topological polar surface area (TPSA) is 123 Å². The zero-order chi connectivity index (χ0) is 15.6. The number of aromatic nitrogens is 2. The van der Waals surface area contributed by atoms with Gasteiger partial charge >= 0.3 is 0 Å². The minimum atomic E-state index is -3.79. The number of hydrogen-bond donors (Lipinski definition) is 3. The lowest BCUT2D eigenvalue weighted by atomic mass is 10.2. The molecule has 9 heteroatoms. The predicted molar refractivity (Wildman–Crippen MR) is 77.5 cm³/mol. The van der Waals surface area contributed by atoms with E-state index in [0.717, 1.165) is 19.3 Å². The fraction of sp³-hybridized carbons (Fsp3) is 0.667. The van der Waals surface area contributed by atoms with Crippen LogP contribution >= 0.6 is 0 Å². The van der Waals surface area contributed by atoms with E-state index in [-0.39, 0.29) is 16.8 Å². The van der Waals surface area contributed by atoms with Crippen LogP contribution in [-0.4, -0.2) is 35.1 Å². The van der Waals surface area contributed by atoms with Crippen LogP contribution in [0.25, 0.3) is 0 Å². The molecule has 0 radical (unpaired) electrons. The summed E-state index contributed by atoms with van der Waals surface area (Å²) in [6, 6.07) is -0.684. The molecule has 2 rings (SSSR count). The molecule has 1 atom stereocenters. The number of amidine groups is 1. The average Bonchev–Trinajstić information content (AvgIpc) is 3.21. The Morgan fingerprint density at radius 3 is 2.86 bits per heavy atom. The van der Waals surface area contributed by atoms with Gasteiger partial charge in [-0.25, -0.2) is 13.4 Å². The maximum atomic E-state index is 12.4. The van der Waals surface area contributed by atoms with E-state index in [0.29, 0.717) is 12.4 Å². The van der Waals surface area contributed by atoms with Crippen LogP contribution in [0, 0.1) is 12.8 Å². The molecule has 1 fully saturated rings. The summed E-state index contributed by atoms with van der Waals surface area (Å²) in [4.78, 5) is 4.09. The van der Waals surface area contributed by atoms with Gasteiger partial charge in [0.2, 0.25) is 0 Å². The van der Waals surface area contributed by atoms with E-state index >= 15 is 0 Å². The first-order chi connectivity index (χ1) is 9.89. The second-order valence-electron chi connectivity index (χ2n) is 5.28. The molecule has 1 aromatic heterocycles. The molecule has 8 nitrogen and oxygen atoms in total.